The van der Waals surface area contributed by atoms with Crippen LogP contribution < -0.4 is 5.56 Å². The molecule has 3 heterocycles. The molecule has 0 fully saturated rings. The first-order chi connectivity index (χ1) is 14.1. The lowest BCUT2D eigenvalue weighted by atomic mass is 10.1. The molecule has 0 aliphatic heterocycles. The van der Waals surface area contributed by atoms with E-state index in [1.165, 1.54) is 4.57 Å². The van der Waals surface area contributed by atoms with Crippen LogP contribution in [0.25, 0.3) is 33.2 Å². The van der Waals surface area contributed by atoms with E-state index in [2.05, 4.69) is 20.2 Å². The van der Waals surface area contributed by atoms with Gasteiger partial charge in [0.05, 0.1) is 16.6 Å². The minimum atomic E-state index is -0.103. The van der Waals surface area contributed by atoms with Gasteiger partial charge in [-0.15, -0.1) is 0 Å². The first-order valence-corrected chi connectivity index (χ1v) is 9.20. The molecule has 3 aromatic heterocycles. The van der Waals surface area contributed by atoms with Gasteiger partial charge in [0.1, 0.15) is 5.69 Å². The summed E-state index contributed by atoms with van der Waals surface area (Å²) in [5.74, 6) is 0.264. The predicted octanol–water partition coefficient (Wildman–Crippen LogP) is 3.23. The van der Waals surface area contributed by atoms with Gasteiger partial charge in [-0.2, -0.15) is 5.10 Å². The molecular formula is C22H17N5O2. The van der Waals surface area contributed by atoms with Crippen LogP contribution in [0.5, 0.6) is 0 Å². The van der Waals surface area contributed by atoms with Crippen LogP contribution in [0.2, 0.25) is 0 Å². The summed E-state index contributed by atoms with van der Waals surface area (Å²) in [6.45, 7) is 0. The fraction of sp³-hybridized carbons (Fsp3) is 0.0909. The van der Waals surface area contributed by atoms with Gasteiger partial charge in [0.2, 0.25) is 5.78 Å². The van der Waals surface area contributed by atoms with Gasteiger partial charge in [-0.25, -0.2) is 4.98 Å². The minimum Gasteiger partial charge on any atom is -0.335 e. The van der Waals surface area contributed by atoms with Gasteiger partial charge >= 0.3 is 0 Å². The maximum Gasteiger partial charge on any atom is 0.250 e. The number of aromatic amines is 2. The Morgan fingerprint density at radius 2 is 1.90 bits per heavy atom. The average Bonchev–Trinajstić information content (AvgIpc) is 3.32. The molecule has 0 radical (unpaired) electrons. The fourth-order valence-electron chi connectivity index (χ4n) is 3.43. The third-order valence-electron chi connectivity index (χ3n) is 5.01. The summed E-state index contributed by atoms with van der Waals surface area (Å²) in [4.78, 5) is 32.2. The zero-order valence-electron chi connectivity index (χ0n) is 15.6. The van der Waals surface area contributed by atoms with Crippen LogP contribution in [-0.2, 0) is 13.5 Å². The number of fused-ring (bicyclic) bond motifs is 2. The van der Waals surface area contributed by atoms with Crippen molar-refractivity contribution in [3.8, 4) is 11.3 Å². The third-order valence-corrected chi connectivity index (χ3v) is 5.01. The number of benzene rings is 2. The lowest BCUT2D eigenvalue weighted by Crippen LogP contribution is -2.14. The summed E-state index contributed by atoms with van der Waals surface area (Å²) < 4.78 is 1.51. The van der Waals surface area contributed by atoms with E-state index in [-0.39, 0.29) is 11.3 Å². The number of ketones is 1. The van der Waals surface area contributed by atoms with Crippen LogP contribution in [0.1, 0.15) is 16.2 Å². The SMILES string of the molecule is Cn1ccc(-c2n[nH]c3cc4[nH]c(C(=O)Cc5ccccc5)nc4cc23)cc1=O. The van der Waals surface area contributed by atoms with Crippen molar-refractivity contribution < 1.29 is 4.79 Å². The predicted molar refractivity (Wildman–Crippen MR) is 111 cm³/mol. The molecule has 0 saturated heterocycles. The molecule has 7 nitrogen and oxygen atoms in total. The molecule has 142 valence electrons. The Balaban J connectivity index is 1.55. The molecule has 0 saturated carbocycles. The maximum absolute atomic E-state index is 12.6. The van der Waals surface area contributed by atoms with E-state index in [1.54, 1.807) is 19.3 Å². The standard InChI is InChI=1S/C22H17N5O2/c1-27-8-7-14(10-20(27)29)21-15-11-17-18(12-16(15)25-26-21)24-22(23-17)19(28)9-13-5-3-2-4-6-13/h2-8,10-12H,9H2,1H3,(H,23,24)(H,25,26). The normalized spacial score (nSPS) is 11.3. The van der Waals surface area contributed by atoms with Crippen molar-refractivity contribution in [1.29, 1.82) is 0 Å². The molecule has 5 aromatic rings. The van der Waals surface area contributed by atoms with E-state index >= 15 is 0 Å². The molecule has 29 heavy (non-hydrogen) atoms. The molecule has 0 bridgehead atoms. The summed E-state index contributed by atoms with van der Waals surface area (Å²) in [6.07, 6.45) is 2.00. The second-order valence-electron chi connectivity index (χ2n) is 7.02. The van der Waals surface area contributed by atoms with Crippen molar-refractivity contribution in [2.75, 3.05) is 0 Å². The van der Waals surface area contributed by atoms with E-state index in [9.17, 15) is 9.59 Å². The van der Waals surface area contributed by atoms with Crippen LogP contribution in [0.4, 0.5) is 0 Å². The van der Waals surface area contributed by atoms with Gasteiger partial charge in [-0.05, 0) is 23.8 Å². The zero-order chi connectivity index (χ0) is 20.0. The Kier molecular flexibility index (Phi) is 3.87. The Labute approximate surface area is 165 Å². The Morgan fingerprint density at radius 3 is 2.69 bits per heavy atom. The van der Waals surface area contributed by atoms with E-state index in [0.29, 0.717) is 23.5 Å². The zero-order valence-corrected chi connectivity index (χ0v) is 15.6. The van der Waals surface area contributed by atoms with Gasteiger partial charge in [-0.3, -0.25) is 14.7 Å². The molecule has 2 aromatic carbocycles. The van der Waals surface area contributed by atoms with Crippen LogP contribution in [0.15, 0.2) is 65.6 Å². The van der Waals surface area contributed by atoms with Crippen LogP contribution >= 0.6 is 0 Å². The number of hydrogen-bond donors (Lipinski definition) is 2. The monoisotopic (exact) mass is 383 g/mol. The highest BCUT2D eigenvalue weighted by Crippen LogP contribution is 2.28. The fourth-order valence-corrected chi connectivity index (χ4v) is 3.43. The number of rotatable bonds is 4. The Bertz CT molecular complexity index is 1430. The number of carbonyl (C=O) groups is 1. The number of carbonyl (C=O) groups excluding carboxylic acids is 1. The second-order valence-corrected chi connectivity index (χ2v) is 7.02. The number of hydrogen-bond acceptors (Lipinski definition) is 4. The average molecular weight is 383 g/mol. The van der Waals surface area contributed by atoms with Crippen LogP contribution in [0.3, 0.4) is 0 Å². The first kappa shape index (κ1) is 17.1. The Morgan fingerprint density at radius 1 is 1.07 bits per heavy atom. The molecule has 0 spiro atoms. The number of H-pyrrole nitrogens is 2. The first-order valence-electron chi connectivity index (χ1n) is 9.20. The smallest absolute Gasteiger partial charge is 0.250 e. The summed E-state index contributed by atoms with van der Waals surface area (Å²) >= 11 is 0. The quantitative estimate of drug-likeness (QED) is 0.466. The summed E-state index contributed by atoms with van der Waals surface area (Å²) in [5, 5.41) is 8.22. The summed E-state index contributed by atoms with van der Waals surface area (Å²) in [5.41, 5.74) is 4.50. The van der Waals surface area contributed by atoms with Crippen LogP contribution in [0, 0.1) is 0 Å². The van der Waals surface area contributed by atoms with Gasteiger partial charge in [0.25, 0.3) is 5.56 Å². The molecule has 7 heteroatoms. The minimum absolute atomic E-state index is 0.0686. The van der Waals surface area contributed by atoms with Crippen molar-refractivity contribution in [3.63, 3.8) is 0 Å². The van der Waals surface area contributed by atoms with E-state index < -0.39 is 0 Å². The van der Waals surface area contributed by atoms with Gasteiger partial charge in [0, 0.05) is 36.7 Å². The molecule has 0 aliphatic carbocycles. The molecule has 5 rings (SSSR count). The number of nitrogens with one attached hydrogen (secondary N) is 2. The Hall–Kier alpha value is -4.00. The number of imidazole rings is 1. The molecule has 0 aliphatic rings. The highest BCUT2D eigenvalue weighted by Gasteiger charge is 2.15. The highest BCUT2D eigenvalue weighted by atomic mass is 16.1. The topological polar surface area (TPSA) is 96.4 Å². The van der Waals surface area contributed by atoms with E-state index in [1.807, 2.05) is 48.5 Å². The molecule has 0 amide bonds. The summed E-state index contributed by atoms with van der Waals surface area (Å²) in [7, 11) is 1.70. The molecule has 0 unspecified atom stereocenters. The highest BCUT2D eigenvalue weighted by molar-refractivity contribution is 6.03. The van der Waals surface area contributed by atoms with E-state index in [0.717, 1.165) is 27.5 Å². The number of Topliss-reactive ketones (excluding diaryl/α,β-unsaturated/α-hetero) is 1. The van der Waals surface area contributed by atoms with Gasteiger partial charge in [-0.1, -0.05) is 30.3 Å². The van der Waals surface area contributed by atoms with Crippen molar-refractivity contribution >= 4 is 27.7 Å². The number of nitrogens with zero attached hydrogens (tertiary/aromatic N) is 3. The van der Waals surface area contributed by atoms with Crippen molar-refractivity contribution in [3.05, 3.63) is 82.5 Å². The summed E-state index contributed by atoms with van der Waals surface area (Å²) in [6, 6.07) is 16.8. The lowest BCUT2D eigenvalue weighted by molar-refractivity contribution is 0.0984. The van der Waals surface area contributed by atoms with Crippen molar-refractivity contribution in [2.24, 2.45) is 7.05 Å². The van der Waals surface area contributed by atoms with Crippen LogP contribution in [-0.4, -0.2) is 30.5 Å². The maximum atomic E-state index is 12.6. The van der Waals surface area contributed by atoms with Crippen molar-refractivity contribution in [1.82, 2.24) is 24.7 Å². The second kappa shape index (κ2) is 6.56. The molecule has 0 atom stereocenters. The number of aryl methyl sites for hydroxylation is 1. The lowest BCUT2D eigenvalue weighted by Gasteiger charge is -2.00. The van der Waals surface area contributed by atoms with Crippen molar-refractivity contribution in [2.45, 2.75) is 6.42 Å². The number of aromatic nitrogens is 5. The third kappa shape index (κ3) is 3.02. The van der Waals surface area contributed by atoms with E-state index in [4.69, 9.17) is 0 Å². The molecule has 2 N–H and O–H groups in total. The molecular weight excluding hydrogens is 366 g/mol. The number of pyridine rings is 1. The van der Waals surface area contributed by atoms with Gasteiger partial charge < -0.3 is 9.55 Å². The van der Waals surface area contributed by atoms with Gasteiger partial charge in [0.15, 0.2) is 5.82 Å². The largest absolute Gasteiger partial charge is 0.335 e.